The number of oxime groups is 1. The standard InChI is InChI=1S/C15H15ClN2O3/c16-14-7-11(15(17)18-20)3-4-12(14)9-21-13-5-1-10(8-19)2-6-13/h1-7,19-20H,8-9H2,(H2,17,18). The maximum Gasteiger partial charge on any atom is 0.170 e. The van der Waals surface area contributed by atoms with E-state index in [9.17, 15) is 0 Å². The Hall–Kier alpha value is -2.24. The molecule has 2 aromatic rings. The summed E-state index contributed by atoms with van der Waals surface area (Å²) in [5.41, 5.74) is 7.65. The number of aliphatic hydroxyl groups excluding tert-OH is 1. The third kappa shape index (κ3) is 3.87. The van der Waals surface area contributed by atoms with Crippen LogP contribution in [0.1, 0.15) is 16.7 Å². The van der Waals surface area contributed by atoms with Gasteiger partial charge in [0.1, 0.15) is 12.4 Å². The quantitative estimate of drug-likeness (QED) is 0.343. The van der Waals surface area contributed by atoms with Crippen LogP contribution in [0.5, 0.6) is 5.75 Å². The predicted molar refractivity (Wildman–Crippen MR) is 80.7 cm³/mol. The van der Waals surface area contributed by atoms with Crippen molar-refractivity contribution >= 4 is 17.4 Å². The Kier molecular flexibility index (Phi) is 5.03. The molecule has 0 saturated carbocycles. The van der Waals surface area contributed by atoms with E-state index in [1.54, 1.807) is 42.5 Å². The average Bonchev–Trinajstić information content (AvgIpc) is 2.53. The van der Waals surface area contributed by atoms with Crippen LogP contribution in [0.25, 0.3) is 0 Å². The molecule has 0 fully saturated rings. The minimum Gasteiger partial charge on any atom is -0.489 e. The minimum absolute atomic E-state index is 0.00139. The lowest BCUT2D eigenvalue weighted by atomic mass is 10.1. The molecule has 0 radical (unpaired) electrons. The Morgan fingerprint density at radius 3 is 2.48 bits per heavy atom. The maximum absolute atomic E-state index is 8.97. The Balaban J connectivity index is 2.05. The van der Waals surface area contributed by atoms with E-state index in [4.69, 9.17) is 32.4 Å². The van der Waals surface area contributed by atoms with Crippen molar-refractivity contribution in [2.75, 3.05) is 0 Å². The zero-order valence-electron chi connectivity index (χ0n) is 11.2. The van der Waals surface area contributed by atoms with E-state index in [0.29, 0.717) is 22.9 Å². The zero-order chi connectivity index (χ0) is 15.2. The zero-order valence-corrected chi connectivity index (χ0v) is 11.9. The maximum atomic E-state index is 8.97. The largest absolute Gasteiger partial charge is 0.489 e. The Morgan fingerprint density at radius 1 is 1.19 bits per heavy atom. The van der Waals surface area contributed by atoms with Gasteiger partial charge in [-0.05, 0) is 23.8 Å². The second-order valence-electron chi connectivity index (χ2n) is 4.38. The van der Waals surface area contributed by atoms with Crippen LogP contribution in [0.4, 0.5) is 0 Å². The fourth-order valence-corrected chi connectivity index (χ4v) is 1.97. The molecule has 0 spiro atoms. The van der Waals surface area contributed by atoms with E-state index >= 15 is 0 Å². The number of amidine groups is 1. The summed E-state index contributed by atoms with van der Waals surface area (Å²) in [5.74, 6) is 0.688. The van der Waals surface area contributed by atoms with Crippen LogP contribution in [-0.4, -0.2) is 16.1 Å². The number of halogens is 1. The molecule has 21 heavy (non-hydrogen) atoms. The first-order valence-corrected chi connectivity index (χ1v) is 6.60. The molecule has 0 aliphatic rings. The van der Waals surface area contributed by atoms with Gasteiger partial charge in [-0.25, -0.2) is 0 Å². The smallest absolute Gasteiger partial charge is 0.170 e. The summed E-state index contributed by atoms with van der Waals surface area (Å²) >= 11 is 6.14. The van der Waals surface area contributed by atoms with Gasteiger partial charge in [-0.1, -0.05) is 41.0 Å². The number of nitrogens with zero attached hydrogens (tertiary/aromatic N) is 1. The van der Waals surface area contributed by atoms with E-state index in [-0.39, 0.29) is 12.4 Å². The highest BCUT2D eigenvalue weighted by Gasteiger charge is 2.06. The molecule has 0 saturated heterocycles. The van der Waals surface area contributed by atoms with E-state index in [1.807, 2.05) is 0 Å². The molecule has 0 amide bonds. The van der Waals surface area contributed by atoms with Crippen molar-refractivity contribution < 1.29 is 15.1 Å². The molecule has 0 aliphatic heterocycles. The molecule has 4 N–H and O–H groups in total. The van der Waals surface area contributed by atoms with Gasteiger partial charge in [0, 0.05) is 16.1 Å². The molecule has 0 aliphatic carbocycles. The monoisotopic (exact) mass is 306 g/mol. The molecule has 0 bridgehead atoms. The summed E-state index contributed by atoms with van der Waals surface area (Å²) in [7, 11) is 0. The first-order valence-electron chi connectivity index (χ1n) is 6.23. The van der Waals surface area contributed by atoms with Crippen LogP contribution in [0, 0.1) is 0 Å². The fraction of sp³-hybridized carbons (Fsp3) is 0.133. The van der Waals surface area contributed by atoms with Gasteiger partial charge in [0.2, 0.25) is 0 Å². The van der Waals surface area contributed by atoms with E-state index in [1.165, 1.54) is 0 Å². The van der Waals surface area contributed by atoms with Gasteiger partial charge in [0.15, 0.2) is 5.84 Å². The van der Waals surface area contributed by atoms with Crippen LogP contribution >= 0.6 is 11.6 Å². The van der Waals surface area contributed by atoms with Crippen LogP contribution in [0.15, 0.2) is 47.6 Å². The summed E-state index contributed by atoms with van der Waals surface area (Å²) in [6, 6.07) is 12.2. The highest BCUT2D eigenvalue weighted by molar-refractivity contribution is 6.31. The van der Waals surface area contributed by atoms with Crippen LogP contribution < -0.4 is 10.5 Å². The van der Waals surface area contributed by atoms with Crippen molar-refractivity contribution in [3.8, 4) is 5.75 Å². The fourth-order valence-electron chi connectivity index (χ4n) is 1.73. The van der Waals surface area contributed by atoms with E-state index in [2.05, 4.69) is 5.16 Å². The van der Waals surface area contributed by atoms with Gasteiger partial charge in [0.05, 0.1) is 6.61 Å². The second kappa shape index (κ2) is 6.97. The number of hydrogen-bond donors (Lipinski definition) is 3. The molecule has 110 valence electrons. The van der Waals surface area contributed by atoms with Gasteiger partial charge >= 0.3 is 0 Å². The molecule has 5 nitrogen and oxygen atoms in total. The van der Waals surface area contributed by atoms with Crippen LogP contribution in [-0.2, 0) is 13.2 Å². The van der Waals surface area contributed by atoms with Gasteiger partial charge in [-0.2, -0.15) is 0 Å². The first kappa shape index (κ1) is 15.2. The normalized spacial score (nSPS) is 11.4. The topological polar surface area (TPSA) is 88.1 Å². The molecular weight excluding hydrogens is 292 g/mol. The highest BCUT2D eigenvalue weighted by atomic mass is 35.5. The number of benzene rings is 2. The van der Waals surface area contributed by atoms with Crippen molar-refractivity contribution in [2.24, 2.45) is 10.9 Å². The third-order valence-electron chi connectivity index (χ3n) is 2.96. The van der Waals surface area contributed by atoms with E-state index in [0.717, 1.165) is 11.1 Å². The first-order chi connectivity index (χ1) is 10.1. The van der Waals surface area contributed by atoms with Crippen molar-refractivity contribution in [3.63, 3.8) is 0 Å². The second-order valence-corrected chi connectivity index (χ2v) is 4.79. The molecule has 0 unspecified atom stereocenters. The summed E-state index contributed by atoms with van der Waals surface area (Å²) in [4.78, 5) is 0. The molecule has 0 aromatic heterocycles. The summed E-state index contributed by atoms with van der Waals surface area (Å²) in [6.07, 6.45) is 0. The van der Waals surface area contributed by atoms with Crippen LogP contribution in [0.3, 0.4) is 0 Å². The van der Waals surface area contributed by atoms with Crippen LogP contribution in [0.2, 0.25) is 5.02 Å². The molecule has 0 atom stereocenters. The molecule has 6 heteroatoms. The van der Waals surface area contributed by atoms with Crippen molar-refractivity contribution in [3.05, 3.63) is 64.2 Å². The van der Waals surface area contributed by atoms with Gasteiger partial charge in [0.25, 0.3) is 0 Å². The lowest BCUT2D eigenvalue weighted by molar-refractivity contribution is 0.280. The number of nitrogens with two attached hydrogens (primary N) is 1. The summed E-state index contributed by atoms with van der Waals surface area (Å²) in [6.45, 7) is 0.301. The van der Waals surface area contributed by atoms with Gasteiger partial charge < -0.3 is 20.8 Å². The van der Waals surface area contributed by atoms with Gasteiger partial charge in [-0.15, -0.1) is 0 Å². The molecule has 2 rings (SSSR count). The SMILES string of the molecule is N/C(=N/O)c1ccc(COc2ccc(CO)cc2)c(Cl)c1. The lowest BCUT2D eigenvalue weighted by Crippen LogP contribution is -2.13. The Morgan fingerprint density at radius 2 is 1.90 bits per heavy atom. The highest BCUT2D eigenvalue weighted by Crippen LogP contribution is 2.21. The minimum atomic E-state index is 0.00139. The summed E-state index contributed by atoms with van der Waals surface area (Å²) < 4.78 is 5.62. The van der Waals surface area contributed by atoms with Crippen molar-refractivity contribution in [1.82, 2.24) is 0 Å². The molecule has 0 heterocycles. The number of aliphatic hydroxyl groups is 1. The number of hydrogen-bond acceptors (Lipinski definition) is 4. The lowest BCUT2D eigenvalue weighted by Gasteiger charge is -2.09. The Labute approximate surface area is 127 Å². The van der Waals surface area contributed by atoms with Crippen molar-refractivity contribution in [2.45, 2.75) is 13.2 Å². The predicted octanol–water partition coefficient (Wildman–Crippen LogP) is 2.51. The number of ether oxygens (including phenoxy) is 1. The van der Waals surface area contributed by atoms with Gasteiger partial charge in [-0.3, -0.25) is 0 Å². The molecule has 2 aromatic carbocycles. The Bertz CT molecular complexity index is 642. The molecular formula is C15H15ClN2O3. The third-order valence-corrected chi connectivity index (χ3v) is 3.31. The average molecular weight is 307 g/mol. The van der Waals surface area contributed by atoms with E-state index < -0.39 is 0 Å². The summed E-state index contributed by atoms with van der Waals surface area (Å²) in [5, 5.41) is 21.0. The van der Waals surface area contributed by atoms with Crippen molar-refractivity contribution in [1.29, 1.82) is 0 Å². The number of rotatable bonds is 5.